The predicted octanol–water partition coefficient (Wildman–Crippen LogP) is 1.80. The van der Waals surface area contributed by atoms with Gasteiger partial charge in [0.05, 0.1) is 0 Å². The maximum Gasteiger partial charge on any atom is 0.300 e. The summed E-state index contributed by atoms with van der Waals surface area (Å²) in [7, 11) is 1.30. The van der Waals surface area contributed by atoms with Crippen LogP contribution in [0.4, 0.5) is 0 Å². The van der Waals surface area contributed by atoms with Crippen LogP contribution in [0.1, 0.15) is 19.3 Å². The molecule has 0 aliphatic carbocycles. The highest BCUT2D eigenvalue weighted by Gasteiger charge is 2.13. The summed E-state index contributed by atoms with van der Waals surface area (Å²) in [6.45, 7) is 0. The summed E-state index contributed by atoms with van der Waals surface area (Å²) in [4.78, 5) is 0. The van der Waals surface area contributed by atoms with Crippen molar-refractivity contribution in [2.45, 2.75) is 24.5 Å². The van der Waals surface area contributed by atoms with Crippen LogP contribution < -0.4 is 0 Å². The first-order valence-corrected chi connectivity index (χ1v) is 6.99. The predicted molar refractivity (Wildman–Crippen MR) is 52.6 cm³/mol. The molecule has 0 aromatic carbocycles. The topological polar surface area (TPSA) is 34.1 Å². The zero-order valence-electron chi connectivity index (χ0n) is 6.42. The Bertz CT molecular complexity index is 293. The zero-order chi connectivity index (χ0) is 9.03. The van der Waals surface area contributed by atoms with Gasteiger partial charge in [0.25, 0.3) is 0 Å². The molecular weight excluding hydrogens is 216 g/mol. The quantitative estimate of drug-likeness (QED) is 0.503. The highest BCUT2D eigenvalue weighted by Crippen LogP contribution is 2.28. The summed E-state index contributed by atoms with van der Waals surface area (Å²) in [6, 6.07) is 0. The number of hydrogen-bond acceptors (Lipinski definition) is 3. The molecule has 0 N–H and O–H groups in total. The molecule has 68 valence electrons. The summed E-state index contributed by atoms with van der Waals surface area (Å²) in [5.74, 6) is 3.74. The molecule has 0 amide bonds. The smallest absolute Gasteiger partial charge is 0.198 e. The van der Waals surface area contributed by atoms with Crippen molar-refractivity contribution in [3.63, 3.8) is 0 Å². The first kappa shape index (κ1) is 10.2. The van der Waals surface area contributed by atoms with Crippen molar-refractivity contribution in [2.75, 3.05) is 5.75 Å². The van der Waals surface area contributed by atoms with Crippen LogP contribution in [0.5, 0.6) is 0 Å². The van der Waals surface area contributed by atoms with E-state index in [0.717, 1.165) is 6.42 Å². The van der Waals surface area contributed by atoms with Crippen molar-refractivity contribution in [1.29, 1.82) is 0 Å². The van der Waals surface area contributed by atoms with E-state index in [4.69, 9.17) is 10.7 Å². The monoisotopic (exact) mass is 224 g/mol. The molecule has 12 heavy (non-hydrogen) atoms. The Balaban J connectivity index is 2.36. The summed E-state index contributed by atoms with van der Waals surface area (Å²) in [6.07, 6.45) is 2.99. The van der Waals surface area contributed by atoms with Gasteiger partial charge in [-0.25, -0.2) is 0 Å². The molecule has 1 heterocycles. The molecule has 0 aromatic rings. The Labute approximate surface area is 81.5 Å². The van der Waals surface area contributed by atoms with Gasteiger partial charge in [-0.3, -0.25) is 0 Å². The van der Waals surface area contributed by atoms with Crippen LogP contribution in [0, 0.1) is 11.2 Å². The van der Waals surface area contributed by atoms with Gasteiger partial charge in [0.2, 0.25) is 0 Å². The van der Waals surface area contributed by atoms with Gasteiger partial charge >= 0.3 is 9.05 Å². The Morgan fingerprint density at radius 1 is 1.58 bits per heavy atom. The third-order valence-corrected chi connectivity index (χ3v) is 3.57. The van der Waals surface area contributed by atoms with Gasteiger partial charge in [-0.2, -0.15) is 20.2 Å². The van der Waals surface area contributed by atoms with Gasteiger partial charge < -0.3 is 0 Å². The highest BCUT2D eigenvalue weighted by molar-refractivity contribution is 8.17. The lowest BCUT2D eigenvalue weighted by molar-refractivity contribution is 0.618. The molecule has 1 unspecified atom stereocenters. The Morgan fingerprint density at radius 3 is 2.83 bits per heavy atom. The molecule has 5 heteroatoms. The van der Waals surface area contributed by atoms with Gasteiger partial charge in [-0.15, -0.1) is 0 Å². The Kier molecular flexibility index (Phi) is 3.76. The van der Waals surface area contributed by atoms with Crippen LogP contribution in [0.2, 0.25) is 0 Å². The molecule has 2 nitrogen and oxygen atoms in total. The van der Waals surface area contributed by atoms with Crippen LogP contribution in [-0.2, 0) is 9.05 Å². The van der Waals surface area contributed by atoms with Crippen molar-refractivity contribution in [3.05, 3.63) is 0 Å². The molecule has 1 rings (SSSR count). The number of hydrogen-bond donors (Lipinski definition) is 0. The van der Waals surface area contributed by atoms with Crippen molar-refractivity contribution in [1.82, 2.24) is 0 Å². The highest BCUT2D eigenvalue weighted by atomic mass is 35.7. The molecule has 0 bridgehead atoms. The van der Waals surface area contributed by atoms with E-state index >= 15 is 0 Å². The molecule has 0 spiro atoms. The second kappa shape index (κ2) is 4.40. The van der Waals surface area contributed by atoms with Crippen molar-refractivity contribution < 1.29 is 8.42 Å². The fourth-order valence-corrected chi connectivity index (χ4v) is 2.67. The SMILES string of the molecule is O=S(=O)(Cl)C#CCC1CCCS1. The fourth-order valence-electron chi connectivity index (χ4n) is 1.05. The van der Waals surface area contributed by atoms with Gasteiger partial charge in [-0.05, 0) is 18.6 Å². The Hall–Kier alpha value is 0.150. The largest absolute Gasteiger partial charge is 0.300 e. The average Bonchev–Trinajstić information content (AvgIpc) is 2.36. The molecule has 1 fully saturated rings. The lowest BCUT2D eigenvalue weighted by atomic mass is 10.2. The number of rotatable bonds is 1. The third kappa shape index (κ3) is 4.24. The third-order valence-electron chi connectivity index (χ3n) is 1.55. The molecule has 1 saturated heterocycles. The molecule has 1 aliphatic heterocycles. The van der Waals surface area contributed by atoms with E-state index in [1.165, 1.54) is 12.2 Å². The van der Waals surface area contributed by atoms with Crippen LogP contribution in [0.25, 0.3) is 0 Å². The summed E-state index contributed by atoms with van der Waals surface area (Å²) >= 11 is 1.85. The molecular formula is C7H9ClO2S2. The van der Waals surface area contributed by atoms with Crippen LogP contribution in [0.15, 0.2) is 0 Å². The first-order valence-electron chi connectivity index (χ1n) is 3.64. The second-order valence-corrected chi connectivity index (χ2v) is 6.26. The van der Waals surface area contributed by atoms with E-state index < -0.39 is 9.05 Å². The van der Waals surface area contributed by atoms with Crippen molar-refractivity contribution >= 4 is 31.5 Å². The van der Waals surface area contributed by atoms with E-state index in [2.05, 4.69) is 5.92 Å². The maximum absolute atomic E-state index is 10.4. The van der Waals surface area contributed by atoms with Gasteiger partial charge in [0.15, 0.2) is 0 Å². The van der Waals surface area contributed by atoms with E-state index in [1.807, 2.05) is 17.0 Å². The van der Waals surface area contributed by atoms with Crippen LogP contribution in [0.3, 0.4) is 0 Å². The van der Waals surface area contributed by atoms with Gasteiger partial charge in [-0.1, -0.05) is 5.92 Å². The van der Waals surface area contributed by atoms with Crippen molar-refractivity contribution in [2.24, 2.45) is 0 Å². The lowest BCUT2D eigenvalue weighted by Crippen LogP contribution is -1.93. The standard InChI is InChI=1S/C7H9ClO2S2/c8-12(9,10)6-2-4-7-3-1-5-11-7/h7H,1,3-5H2. The summed E-state index contributed by atoms with van der Waals surface area (Å²) in [5, 5.41) is 2.53. The lowest BCUT2D eigenvalue weighted by Gasteiger charge is -1.99. The molecule has 1 atom stereocenters. The van der Waals surface area contributed by atoms with Gasteiger partial charge in [0.1, 0.15) is 0 Å². The van der Waals surface area contributed by atoms with E-state index in [1.54, 1.807) is 0 Å². The van der Waals surface area contributed by atoms with Crippen LogP contribution >= 0.6 is 22.4 Å². The summed E-state index contributed by atoms with van der Waals surface area (Å²) < 4.78 is 20.8. The van der Waals surface area contributed by atoms with Crippen molar-refractivity contribution in [3.8, 4) is 11.2 Å². The molecule has 1 aliphatic rings. The summed E-state index contributed by atoms with van der Waals surface area (Å²) in [5.41, 5.74) is 0. The number of halogens is 1. The minimum Gasteiger partial charge on any atom is -0.198 e. The minimum absolute atomic E-state index is 0.510. The van der Waals surface area contributed by atoms with Crippen LogP contribution in [-0.4, -0.2) is 19.4 Å². The average molecular weight is 225 g/mol. The fraction of sp³-hybridized carbons (Fsp3) is 0.714. The second-order valence-electron chi connectivity index (χ2n) is 2.56. The zero-order valence-corrected chi connectivity index (χ0v) is 8.81. The van der Waals surface area contributed by atoms with E-state index in [9.17, 15) is 8.42 Å². The normalized spacial score (nSPS) is 23.2. The van der Waals surface area contributed by atoms with E-state index in [-0.39, 0.29) is 0 Å². The maximum atomic E-state index is 10.4. The minimum atomic E-state index is -3.61. The first-order chi connectivity index (χ1) is 5.58. The number of thioether (sulfide) groups is 1. The molecule has 0 aromatic heterocycles. The molecule has 0 saturated carbocycles. The van der Waals surface area contributed by atoms with Gasteiger partial charge in [0, 0.05) is 27.6 Å². The Morgan fingerprint density at radius 2 is 2.33 bits per heavy atom. The molecule has 0 radical (unpaired) electrons. The van der Waals surface area contributed by atoms with E-state index in [0.29, 0.717) is 11.7 Å².